The Morgan fingerprint density at radius 2 is 1.90 bits per heavy atom. The van der Waals surface area contributed by atoms with Crippen LogP contribution in [0, 0.1) is 13.8 Å². The second-order valence-corrected chi connectivity index (χ2v) is 8.18. The van der Waals surface area contributed by atoms with Gasteiger partial charge in [-0.1, -0.05) is 23.7 Å². The van der Waals surface area contributed by atoms with Crippen molar-refractivity contribution in [3.63, 3.8) is 0 Å². The average molecular weight is 330 g/mol. The van der Waals surface area contributed by atoms with E-state index in [1.54, 1.807) is 19.1 Å². The number of hydrogen-bond donors (Lipinski definition) is 1. The SMILES string of the molecule is Cc1ccc(C)c(S(=O)(=O)NC(C)c2ccc(Cl)s2)c1. The predicted octanol–water partition coefficient (Wildman–Crippen LogP) is 4.06. The average Bonchev–Trinajstić information content (AvgIpc) is 2.78. The van der Waals surface area contributed by atoms with Crippen molar-refractivity contribution in [1.29, 1.82) is 0 Å². The Kier molecular flexibility index (Phi) is 4.54. The summed E-state index contributed by atoms with van der Waals surface area (Å²) in [5.41, 5.74) is 1.65. The Bertz CT molecular complexity index is 723. The van der Waals surface area contributed by atoms with Gasteiger partial charge in [0.1, 0.15) is 0 Å². The summed E-state index contributed by atoms with van der Waals surface area (Å²) in [7, 11) is -3.54. The topological polar surface area (TPSA) is 46.2 Å². The van der Waals surface area contributed by atoms with Gasteiger partial charge in [0.25, 0.3) is 0 Å². The van der Waals surface area contributed by atoms with Crippen LogP contribution < -0.4 is 4.72 Å². The summed E-state index contributed by atoms with van der Waals surface area (Å²) in [6.07, 6.45) is 0. The van der Waals surface area contributed by atoms with Crippen LogP contribution in [-0.2, 0) is 10.0 Å². The fourth-order valence-electron chi connectivity index (χ4n) is 1.91. The lowest BCUT2D eigenvalue weighted by Gasteiger charge is -2.14. The third kappa shape index (κ3) is 3.41. The van der Waals surface area contributed by atoms with Gasteiger partial charge in [-0.15, -0.1) is 11.3 Å². The molecule has 1 N–H and O–H groups in total. The van der Waals surface area contributed by atoms with Gasteiger partial charge in [0.15, 0.2) is 0 Å². The van der Waals surface area contributed by atoms with Crippen molar-refractivity contribution >= 4 is 33.0 Å². The first kappa shape index (κ1) is 15.5. The molecule has 6 heteroatoms. The van der Waals surface area contributed by atoms with Gasteiger partial charge in [0, 0.05) is 4.88 Å². The van der Waals surface area contributed by atoms with E-state index in [1.807, 2.05) is 32.0 Å². The lowest BCUT2D eigenvalue weighted by Crippen LogP contribution is -2.27. The molecule has 0 aliphatic carbocycles. The Morgan fingerprint density at radius 1 is 1.20 bits per heavy atom. The molecular weight excluding hydrogens is 314 g/mol. The van der Waals surface area contributed by atoms with Crippen molar-refractivity contribution in [2.75, 3.05) is 0 Å². The van der Waals surface area contributed by atoms with Crippen LogP contribution in [0.25, 0.3) is 0 Å². The molecule has 2 rings (SSSR count). The molecule has 0 saturated heterocycles. The zero-order chi connectivity index (χ0) is 14.9. The number of benzene rings is 1. The summed E-state index contributed by atoms with van der Waals surface area (Å²) in [5, 5.41) is 0. The number of thiophene rings is 1. The van der Waals surface area contributed by atoms with E-state index in [2.05, 4.69) is 4.72 Å². The fourth-order valence-corrected chi connectivity index (χ4v) is 4.60. The molecule has 1 heterocycles. The predicted molar refractivity (Wildman–Crippen MR) is 84.0 cm³/mol. The van der Waals surface area contributed by atoms with E-state index >= 15 is 0 Å². The molecule has 1 aromatic heterocycles. The second-order valence-electron chi connectivity index (χ2n) is 4.75. The minimum atomic E-state index is -3.54. The Morgan fingerprint density at radius 3 is 2.50 bits per heavy atom. The van der Waals surface area contributed by atoms with E-state index in [-0.39, 0.29) is 6.04 Å². The summed E-state index contributed by atoms with van der Waals surface area (Å²) in [4.78, 5) is 1.22. The van der Waals surface area contributed by atoms with Crippen molar-refractivity contribution < 1.29 is 8.42 Å². The maximum atomic E-state index is 12.5. The molecule has 0 spiro atoms. The first-order valence-corrected chi connectivity index (χ1v) is 8.82. The van der Waals surface area contributed by atoms with Crippen LogP contribution in [0.5, 0.6) is 0 Å². The van der Waals surface area contributed by atoms with Crippen molar-refractivity contribution in [2.24, 2.45) is 0 Å². The molecule has 0 fully saturated rings. The van der Waals surface area contributed by atoms with E-state index in [1.165, 1.54) is 11.3 Å². The van der Waals surface area contributed by atoms with E-state index < -0.39 is 10.0 Å². The molecular formula is C14H16ClNO2S2. The molecule has 108 valence electrons. The number of rotatable bonds is 4. The summed E-state index contributed by atoms with van der Waals surface area (Å²) in [6.45, 7) is 5.48. The van der Waals surface area contributed by atoms with E-state index in [9.17, 15) is 8.42 Å². The standard InChI is InChI=1S/C14H16ClNO2S2/c1-9-4-5-10(2)13(8-9)20(17,18)16-11(3)12-6-7-14(15)19-12/h4-8,11,16H,1-3H3. The third-order valence-electron chi connectivity index (χ3n) is 2.99. The molecule has 1 unspecified atom stereocenters. The minimum Gasteiger partial charge on any atom is -0.207 e. The first-order valence-electron chi connectivity index (χ1n) is 6.14. The van der Waals surface area contributed by atoms with E-state index in [0.29, 0.717) is 9.23 Å². The van der Waals surface area contributed by atoms with Crippen LogP contribution in [0.1, 0.15) is 29.0 Å². The van der Waals surface area contributed by atoms with Crippen molar-refractivity contribution in [1.82, 2.24) is 4.72 Å². The van der Waals surface area contributed by atoms with E-state index in [4.69, 9.17) is 11.6 Å². The number of hydrogen-bond acceptors (Lipinski definition) is 3. The highest BCUT2D eigenvalue weighted by Crippen LogP contribution is 2.28. The summed E-state index contributed by atoms with van der Waals surface area (Å²) in [5.74, 6) is 0. The van der Waals surface area contributed by atoms with Crippen molar-refractivity contribution in [3.05, 3.63) is 50.7 Å². The molecule has 0 saturated carbocycles. The fraction of sp³-hybridized carbons (Fsp3) is 0.286. The van der Waals surface area contributed by atoms with Crippen molar-refractivity contribution in [3.8, 4) is 0 Å². The highest BCUT2D eigenvalue weighted by atomic mass is 35.5. The molecule has 2 aromatic rings. The van der Waals surface area contributed by atoms with Crippen LogP contribution in [0.15, 0.2) is 35.2 Å². The summed E-state index contributed by atoms with van der Waals surface area (Å²) in [6, 6.07) is 8.70. The quantitative estimate of drug-likeness (QED) is 0.919. The molecule has 0 aliphatic heterocycles. The monoisotopic (exact) mass is 329 g/mol. The smallest absolute Gasteiger partial charge is 0.207 e. The number of halogens is 1. The summed E-state index contributed by atoms with van der Waals surface area (Å²) < 4.78 is 28.3. The first-order chi connectivity index (χ1) is 9.29. The lowest BCUT2D eigenvalue weighted by atomic mass is 10.2. The number of sulfonamides is 1. The Balaban J connectivity index is 2.29. The number of nitrogens with one attached hydrogen (secondary N) is 1. The van der Waals surface area contributed by atoms with Crippen LogP contribution in [0.3, 0.4) is 0 Å². The molecule has 0 bridgehead atoms. The van der Waals surface area contributed by atoms with Crippen molar-refractivity contribution in [2.45, 2.75) is 31.7 Å². The van der Waals surface area contributed by atoms with Crippen LogP contribution >= 0.6 is 22.9 Å². The zero-order valence-electron chi connectivity index (χ0n) is 11.5. The largest absolute Gasteiger partial charge is 0.241 e. The molecule has 0 aliphatic rings. The Labute approximate surface area is 128 Å². The molecule has 20 heavy (non-hydrogen) atoms. The minimum absolute atomic E-state index is 0.308. The molecule has 1 atom stereocenters. The highest BCUT2D eigenvalue weighted by Gasteiger charge is 2.21. The van der Waals surface area contributed by atoms with Gasteiger partial charge < -0.3 is 0 Å². The number of aryl methyl sites for hydroxylation is 2. The molecule has 0 amide bonds. The highest BCUT2D eigenvalue weighted by molar-refractivity contribution is 7.89. The van der Waals surface area contributed by atoms with Gasteiger partial charge in [-0.3, -0.25) is 0 Å². The van der Waals surface area contributed by atoms with E-state index in [0.717, 1.165) is 16.0 Å². The zero-order valence-corrected chi connectivity index (χ0v) is 13.9. The lowest BCUT2D eigenvalue weighted by molar-refractivity contribution is 0.568. The maximum Gasteiger partial charge on any atom is 0.241 e. The molecule has 1 aromatic carbocycles. The Hall–Kier alpha value is -0.880. The van der Waals surface area contributed by atoms with Crippen LogP contribution in [0.4, 0.5) is 0 Å². The maximum absolute atomic E-state index is 12.5. The second kappa shape index (κ2) is 5.85. The molecule has 3 nitrogen and oxygen atoms in total. The van der Waals surface area contributed by atoms with Gasteiger partial charge in [0.05, 0.1) is 15.3 Å². The van der Waals surface area contributed by atoms with Gasteiger partial charge in [-0.05, 0) is 50.1 Å². The van der Waals surface area contributed by atoms with Gasteiger partial charge >= 0.3 is 0 Å². The molecule has 0 radical (unpaired) electrons. The van der Waals surface area contributed by atoms with Gasteiger partial charge in [-0.2, -0.15) is 0 Å². The van der Waals surface area contributed by atoms with Gasteiger partial charge in [0.2, 0.25) is 10.0 Å². The van der Waals surface area contributed by atoms with Crippen LogP contribution in [-0.4, -0.2) is 8.42 Å². The summed E-state index contributed by atoms with van der Waals surface area (Å²) >= 11 is 7.26. The third-order valence-corrected chi connectivity index (χ3v) is 6.08. The van der Waals surface area contributed by atoms with Crippen LogP contribution in [0.2, 0.25) is 4.34 Å². The van der Waals surface area contributed by atoms with Gasteiger partial charge in [-0.25, -0.2) is 13.1 Å². The normalized spacial score (nSPS) is 13.4.